The van der Waals surface area contributed by atoms with Gasteiger partial charge < -0.3 is 14.8 Å². The Labute approximate surface area is 181 Å². The zero-order valence-corrected chi connectivity index (χ0v) is 17.7. The van der Waals surface area contributed by atoms with Crippen molar-refractivity contribution >= 4 is 58.0 Å². The number of amides is 1. The molecule has 0 saturated carbocycles. The molecule has 0 bridgehead atoms. The zero-order chi connectivity index (χ0) is 21.4. The van der Waals surface area contributed by atoms with Crippen molar-refractivity contribution in [2.75, 3.05) is 25.3 Å². The quantitative estimate of drug-likeness (QED) is 0.249. The van der Waals surface area contributed by atoms with Crippen LogP contribution in [-0.2, 0) is 4.79 Å². The fourth-order valence-electron chi connectivity index (χ4n) is 2.14. The van der Waals surface area contributed by atoms with Crippen LogP contribution in [0.15, 0.2) is 41.3 Å². The molecule has 2 aromatic rings. The second-order valence-electron chi connectivity index (χ2n) is 5.36. The van der Waals surface area contributed by atoms with Crippen LogP contribution >= 0.6 is 35.6 Å². The number of nitro groups is 1. The summed E-state index contributed by atoms with van der Waals surface area (Å²) in [6.07, 6.45) is 0. The first kappa shape index (κ1) is 22.5. The minimum absolute atomic E-state index is 0.00407. The first-order chi connectivity index (χ1) is 13.8. The molecule has 29 heavy (non-hydrogen) atoms. The van der Waals surface area contributed by atoms with Gasteiger partial charge in [0.2, 0.25) is 5.91 Å². The third-order valence-corrected chi connectivity index (χ3v) is 4.89. The Balaban J connectivity index is 1.91. The van der Waals surface area contributed by atoms with Crippen molar-refractivity contribution in [1.82, 2.24) is 10.9 Å². The number of methoxy groups -OCH3 is 2. The molecule has 2 rings (SSSR count). The van der Waals surface area contributed by atoms with E-state index in [1.165, 1.54) is 26.4 Å². The van der Waals surface area contributed by atoms with Crippen LogP contribution in [0.5, 0.6) is 11.5 Å². The molecule has 3 N–H and O–H groups in total. The lowest BCUT2D eigenvalue weighted by Gasteiger charge is -2.13. The molecule has 0 aromatic heterocycles. The first-order valence-corrected chi connectivity index (χ1v) is 9.75. The Hall–Kier alpha value is -2.76. The molecule has 0 radical (unpaired) electrons. The molecule has 0 saturated heterocycles. The second-order valence-corrected chi connectivity index (χ2v) is 7.22. The maximum Gasteiger partial charge on any atom is 0.314 e. The summed E-state index contributed by atoms with van der Waals surface area (Å²) in [6, 6.07) is 9.64. The molecule has 154 valence electrons. The van der Waals surface area contributed by atoms with Crippen molar-refractivity contribution in [3.8, 4) is 11.5 Å². The van der Waals surface area contributed by atoms with Crippen molar-refractivity contribution in [2.45, 2.75) is 4.90 Å². The van der Waals surface area contributed by atoms with Crippen LogP contribution in [-0.4, -0.2) is 35.9 Å². The van der Waals surface area contributed by atoms with Gasteiger partial charge in [0.15, 0.2) is 10.9 Å². The van der Waals surface area contributed by atoms with Gasteiger partial charge in [-0.1, -0.05) is 17.7 Å². The predicted octanol–water partition coefficient (Wildman–Crippen LogP) is 3.38. The Morgan fingerprint density at radius 2 is 1.93 bits per heavy atom. The molecule has 1 amide bonds. The number of nitro benzene ring substituents is 1. The van der Waals surface area contributed by atoms with Gasteiger partial charge in [0.1, 0.15) is 5.75 Å². The van der Waals surface area contributed by atoms with Gasteiger partial charge >= 0.3 is 5.69 Å². The lowest BCUT2D eigenvalue weighted by Crippen LogP contribution is -2.44. The number of nitrogens with one attached hydrogen (secondary N) is 3. The number of ether oxygens (including phenoxy) is 2. The van der Waals surface area contributed by atoms with Crippen LogP contribution in [0.1, 0.15) is 0 Å². The SMILES string of the molecule is COc1cc([N+](=O)[O-])c(OC)cc1SCC(=O)NNC(=S)Nc1cccc(Cl)c1. The molecule has 0 fully saturated rings. The number of thioether (sulfide) groups is 1. The minimum atomic E-state index is -0.569. The highest BCUT2D eigenvalue weighted by Crippen LogP contribution is 2.39. The van der Waals surface area contributed by atoms with Crippen molar-refractivity contribution in [1.29, 1.82) is 0 Å². The number of hydrazine groups is 1. The fraction of sp³-hybridized carbons (Fsp3) is 0.176. The molecule has 0 spiro atoms. The second kappa shape index (κ2) is 10.7. The van der Waals surface area contributed by atoms with E-state index in [0.29, 0.717) is 15.6 Å². The molecule has 0 atom stereocenters. The molecule has 12 heteroatoms. The highest BCUT2D eigenvalue weighted by atomic mass is 35.5. The number of thiocarbonyl (C=S) groups is 1. The maximum atomic E-state index is 12.1. The average Bonchev–Trinajstić information content (AvgIpc) is 2.69. The summed E-state index contributed by atoms with van der Waals surface area (Å²) in [6.45, 7) is 0. The number of rotatable bonds is 7. The smallest absolute Gasteiger partial charge is 0.314 e. The highest BCUT2D eigenvalue weighted by Gasteiger charge is 2.20. The highest BCUT2D eigenvalue weighted by molar-refractivity contribution is 8.00. The lowest BCUT2D eigenvalue weighted by atomic mass is 10.3. The van der Waals surface area contributed by atoms with E-state index in [1.54, 1.807) is 24.3 Å². The molecule has 0 aliphatic carbocycles. The minimum Gasteiger partial charge on any atom is -0.495 e. The van der Waals surface area contributed by atoms with Gasteiger partial charge in [0, 0.05) is 16.8 Å². The number of hydrogen-bond acceptors (Lipinski definition) is 7. The number of carbonyl (C=O) groups excluding carboxylic acids is 1. The topological polar surface area (TPSA) is 115 Å². The number of anilines is 1. The van der Waals surface area contributed by atoms with E-state index < -0.39 is 4.92 Å². The molecule has 0 aliphatic heterocycles. The zero-order valence-electron chi connectivity index (χ0n) is 15.4. The fourth-order valence-corrected chi connectivity index (χ4v) is 3.34. The largest absolute Gasteiger partial charge is 0.495 e. The van der Waals surface area contributed by atoms with Crippen molar-refractivity contribution in [3.63, 3.8) is 0 Å². The van der Waals surface area contributed by atoms with Gasteiger partial charge in [-0.05, 0) is 30.4 Å². The Bertz CT molecular complexity index is 929. The van der Waals surface area contributed by atoms with Crippen LogP contribution in [0.4, 0.5) is 11.4 Å². The summed E-state index contributed by atoms with van der Waals surface area (Å²) >= 11 is 12.1. The van der Waals surface area contributed by atoms with Crippen LogP contribution in [0.25, 0.3) is 0 Å². The maximum absolute atomic E-state index is 12.1. The molecule has 9 nitrogen and oxygen atoms in total. The molecular weight excluding hydrogens is 440 g/mol. The van der Waals surface area contributed by atoms with Crippen LogP contribution in [0.2, 0.25) is 5.02 Å². The number of nitrogens with zero attached hydrogens (tertiary/aromatic N) is 1. The predicted molar refractivity (Wildman–Crippen MR) is 116 cm³/mol. The summed E-state index contributed by atoms with van der Waals surface area (Å²) in [5.74, 6) is -0.0286. The van der Waals surface area contributed by atoms with Gasteiger partial charge in [0.25, 0.3) is 0 Å². The Kier molecular flexibility index (Phi) is 8.31. The van der Waals surface area contributed by atoms with E-state index in [1.807, 2.05) is 0 Å². The van der Waals surface area contributed by atoms with Gasteiger partial charge in [0.05, 0.1) is 35.9 Å². The van der Waals surface area contributed by atoms with Gasteiger partial charge in [-0.15, -0.1) is 11.8 Å². The van der Waals surface area contributed by atoms with Crippen LogP contribution in [0.3, 0.4) is 0 Å². The van der Waals surface area contributed by atoms with E-state index in [-0.39, 0.29) is 34.0 Å². The van der Waals surface area contributed by atoms with E-state index in [2.05, 4.69) is 16.2 Å². The number of benzene rings is 2. The van der Waals surface area contributed by atoms with Crippen LogP contribution in [0, 0.1) is 10.1 Å². The van der Waals surface area contributed by atoms with Crippen molar-refractivity contribution < 1.29 is 19.2 Å². The summed E-state index contributed by atoms with van der Waals surface area (Å²) in [5.41, 5.74) is 5.48. The molecule has 0 aliphatic rings. The summed E-state index contributed by atoms with van der Waals surface area (Å²) < 4.78 is 10.2. The number of halogens is 1. The third kappa shape index (κ3) is 6.66. The monoisotopic (exact) mass is 456 g/mol. The normalized spacial score (nSPS) is 10.0. The molecule has 0 unspecified atom stereocenters. The Morgan fingerprint density at radius 3 is 2.55 bits per heavy atom. The van der Waals surface area contributed by atoms with Crippen LogP contribution < -0.4 is 25.6 Å². The third-order valence-electron chi connectivity index (χ3n) is 3.42. The van der Waals surface area contributed by atoms with Gasteiger partial charge in [-0.25, -0.2) is 0 Å². The molecular formula is C17H17ClN4O5S2. The molecule has 0 heterocycles. The summed E-state index contributed by atoms with van der Waals surface area (Å²) in [4.78, 5) is 23.1. The average molecular weight is 457 g/mol. The van der Waals surface area contributed by atoms with Gasteiger partial charge in [-0.3, -0.25) is 25.8 Å². The van der Waals surface area contributed by atoms with E-state index in [4.69, 9.17) is 33.3 Å². The van der Waals surface area contributed by atoms with E-state index >= 15 is 0 Å². The van der Waals surface area contributed by atoms with Crippen molar-refractivity contribution in [3.05, 3.63) is 51.5 Å². The van der Waals surface area contributed by atoms with Crippen molar-refractivity contribution in [2.24, 2.45) is 0 Å². The number of hydrogen-bond donors (Lipinski definition) is 3. The van der Waals surface area contributed by atoms with E-state index in [9.17, 15) is 14.9 Å². The standard InChI is InChI=1S/C17H17ClN4O5S2/c1-26-13-8-15(14(27-2)7-12(13)22(24)25)29-9-16(23)20-21-17(28)19-11-5-3-4-10(18)6-11/h3-8H,9H2,1-2H3,(H,20,23)(H2,19,21,28). The summed E-state index contributed by atoms with van der Waals surface area (Å²) in [7, 11) is 2.71. The summed E-state index contributed by atoms with van der Waals surface area (Å²) in [5, 5.41) is 14.7. The Morgan fingerprint density at radius 1 is 1.21 bits per heavy atom. The number of carbonyl (C=O) groups is 1. The van der Waals surface area contributed by atoms with Gasteiger partial charge in [-0.2, -0.15) is 0 Å². The van der Waals surface area contributed by atoms with E-state index in [0.717, 1.165) is 11.8 Å². The lowest BCUT2D eigenvalue weighted by molar-refractivity contribution is -0.385. The molecule has 2 aromatic carbocycles. The first-order valence-electron chi connectivity index (χ1n) is 7.98.